The lowest BCUT2D eigenvalue weighted by molar-refractivity contribution is 0.0378. The molecule has 0 bridgehead atoms. The van der Waals surface area contributed by atoms with E-state index in [4.69, 9.17) is 9.47 Å². The number of benzene rings is 2. The van der Waals surface area contributed by atoms with Crippen LogP contribution in [0.3, 0.4) is 0 Å². The van der Waals surface area contributed by atoms with E-state index < -0.39 is 0 Å². The van der Waals surface area contributed by atoms with E-state index in [1.165, 1.54) is 0 Å². The summed E-state index contributed by atoms with van der Waals surface area (Å²) in [6.45, 7) is 8.32. The van der Waals surface area contributed by atoms with E-state index in [9.17, 15) is 4.79 Å². The summed E-state index contributed by atoms with van der Waals surface area (Å²) in [4.78, 5) is 12.3. The Kier molecular flexibility index (Phi) is 7.13. The molecule has 1 heterocycles. The lowest BCUT2D eigenvalue weighted by Gasteiger charge is -2.12. The molecule has 0 saturated carbocycles. The van der Waals surface area contributed by atoms with E-state index in [1.807, 2.05) is 76.4 Å². The molecule has 3 aromatic rings. The van der Waals surface area contributed by atoms with Crippen LogP contribution in [-0.4, -0.2) is 30.0 Å². The summed E-state index contributed by atoms with van der Waals surface area (Å²) in [5.41, 5.74) is 8.66. The molecule has 0 aliphatic heterocycles. The molecule has 0 spiro atoms. The van der Waals surface area contributed by atoms with Crippen molar-refractivity contribution >= 4 is 12.2 Å². The number of aryl methyl sites for hydroxylation is 1. The Morgan fingerprint density at radius 3 is 2.65 bits per heavy atom. The van der Waals surface area contributed by atoms with E-state index in [0.717, 1.165) is 34.0 Å². The number of ether oxygens (including phenoxy) is 2. The third-order valence-electron chi connectivity index (χ3n) is 4.91. The number of rotatable bonds is 8. The lowest BCUT2D eigenvalue weighted by atomic mass is 10.2. The van der Waals surface area contributed by atoms with Gasteiger partial charge in [-0.15, -0.1) is 0 Å². The summed E-state index contributed by atoms with van der Waals surface area (Å²) in [5, 5.41) is 4.38. The van der Waals surface area contributed by atoms with Crippen LogP contribution in [0.25, 0.3) is 5.69 Å². The molecular formula is C25H29N3O3. The van der Waals surface area contributed by atoms with Crippen molar-refractivity contribution in [2.75, 3.05) is 7.11 Å². The van der Waals surface area contributed by atoms with Crippen LogP contribution in [0.4, 0.5) is 0 Å². The van der Waals surface area contributed by atoms with Crippen molar-refractivity contribution in [3.63, 3.8) is 0 Å². The van der Waals surface area contributed by atoms with Crippen LogP contribution in [0.2, 0.25) is 0 Å². The van der Waals surface area contributed by atoms with Crippen LogP contribution in [-0.2, 0) is 11.3 Å². The highest BCUT2D eigenvalue weighted by atomic mass is 16.5. The van der Waals surface area contributed by atoms with Crippen molar-refractivity contribution in [3.05, 3.63) is 82.7 Å². The normalized spacial score (nSPS) is 11.2. The zero-order valence-corrected chi connectivity index (χ0v) is 18.7. The van der Waals surface area contributed by atoms with Crippen molar-refractivity contribution in [1.29, 1.82) is 0 Å². The third-order valence-corrected chi connectivity index (χ3v) is 4.91. The van der Waals surface area contributed by atoms with Gasteiger partial charge in [0.05, 0.1) is 31.5 Å². The number of nitrogens with zero attached hydrogens (tertiary/aromatic N) is 2. The number of esters is 1. The van der Waals surface area contributed by atoms with Gasteiger partial charge in [0.1, 0.15) is 5.75 Å². The summed E-state index contributed by atoms with van der Waals surface area (Å²) < 4.78 is 12.8. The molecule has 162 valence electrons. The van der Waals surface area contributed by atoms with Crippen LogP contribution in [0, 0.1) is 13.8 Å². The Morgan fingerprint density at radius 1 is 1.13 bits per heavy atom. The maximum absolute atomic E-state index is 12.3. The maximum atomic E-state index is 12.3. The molecule has 0 fully saturated rings. The summed E-state index contributed by atoms with van der Waals surface area (Å²) in [7, 11) is 1.66. The fraction of sp³-hybridized carbons (Fsp3) is 0.280. The topological polar surface area (TPSA) is 64.8 Å². The van der Waals surface area contributed by atoms with Crippen LogP contribution >= 0.6 is 0 Å². The number of hydrazone groups is 1. The quantitative estimate of drug-likeness (QED) is 0.324. The van der Waals surface area contributed by atoms with Gasteiger partial charge in [-0.05, 0) is 58.0 Å². The molecular weight excluding hydrogens is 390 g/mol. The predicted octanol–water partition coefficient (Wildman–Crippen LogP) is 4.79. The van der Waals surface area contributed by atoms with Crippen LogP contribution in [0.5, 0.6) is 5.75 Å². The van der Waals surface area contributed by atoms with Gasteiger partial charge in [-0.25, -0.2) is 4.79 Å². The molecule has 31 heavy (non-hydrogen) atoms. The molecule has 0 unspecified atom stereocenters. The minimum atomic E-state index is -0.318. The largest absolute Gasteiger partial charge is 0.496 e. The number of nitrogens with one attached hydrogen (secondary N) is 1. The number of methoxy groups -OCH3 is 1. The van der Waals surface area contributed by atoms with E-state index >= 15 is 0 Å². The van der Waals surface area contributed by atoms with Gasteiger partial charge in [0.25, 0.3) is 0 Å². The molecule has 2 aromatic carbocycles. The van der Waals surface area contributed by atoms with Crippen molar-refractivity contribution < 1.29 is 14.3 Å². The Bertz CT molecular complexity index is 1080. The molecule has 0 saturated heterocycles. The second kappa shape index (κ2) is 9.98. The van der Waals surface area contributed by atoms with Crippen molar-refractivity contribution in [1.82, 2.24) is 9.99 Å². The molecule has 0 aliphatic rings. The minimum Gasteiger partial charge on any atom is -0.496 e. The fourth-order valence-electron chi connectivity index (χ4n) is 3.46. The standard InChI is InChI=1S/C25H29N3O3/c1-17(2)31-25(29)20-10-8-11-23(14-20)28-18(3)13-22(19(28)4)16-27-26-15-21-9-6-7-12-24(21)30-5/h6-14,16-17,26H,15H2,1-5H3/b27-16-. The van der Waals surface area contributed by atoms with Gasteiger partial charge in [-0.2, -0.15) is 5.10 Å². The molecule has 6 heteroatoms. The molecule has 3 rings (SSSR count). The van der Waals surface area contributed by atoms with Crippen LogP contribution in [0.15, 0.2) is 59.7 Å². The molecule has 1 N–H and O–H groups in total. The average molecular weight is 420 g/mol. The molecule has 6 nitrogen and oxygen atoms in total. The van der Waals surface area contributed by atoms with Crippen molar-refractivity contribution in [2.24, 2.45) is 5.10 Å². The van der Waals surface area contributed by atoms with Gasteiger partial charge in [0.2, 0.25) is 0 Å². The zero-order chi connectivity index (χ0) is 22.4. The third kappa shape index (κ3) is 5.34. The van der Waals surface area contributed by atoms with Gasteiger partial charge < -0.3 is 19.5 Å². The zero-order valence-electron chi connectivity index (χ0n) is 18.7. The summed E-state index contributed by atoms with van der Waals surface area (Å²) in [6, 6.07) is 17.4. The first-order valence-electron chi connectivity index (χ1n) is 10.3. The molecule has 1 aromatic heterocycles. The Hall–Kier alpha value is -3.54. The van der Waals surface area contributed by atoms with Crippen LogP contribution < -0.4 is 10.2 Å². The van der Waals surface area contributed by atoms with E-state index in [-0.39, 0.29) is 12.1 Å². The second-order valence-electron chi connectivity index (χ2n) is 7.57. The molecule has 0 aliphatic carbocycles. The molecule has 0 atom stereocenters. The lowest BCUT2D eigenvalue weighted by Crippen LogP contribution is -2.12. The van der Waals surface area contributed by atoms with E-state index in [0.29, 0.717) is 12.1 Å². The van der Waals surface area contributed by atoms with Crippen molar-refractivity contribution in [2.45, 2.75) is 40.3 Å². The minimum absolute atomic E-state index is 0.155. The van der Waals surface area contributed by atoms with Gasteiger partial charge in [-0.1, -0.05) is 24.3 Å². The molecule has 0 radical (unpaired) electrons. The highest BCUT2D eigenvalue weighted by molar-refractivity contribution is 5.90. The van der Waals surface area contributed by atoms with Crippen molar-refractivity contribution in [3.8, 4) is 11.4 Å². The smallest absolute Gasteiger partial charge is 0.338 e. The first kappa shape index (κ1) is 22.2. The number of carbonyl (C=O) groups excluding carboxylic acids is 1. The average Bonchev–Trinajstić information content (AvgIpc) is 3.04. The number of carbonyl (C=O) groups is 1. The first-order chi connectivity index (χ1) is 14.9. The summed E-state index contributed by atoms with van der Waals surface area (Å²) >= 11 is 0. The molecule has 0 amide bonds. The Labute approximate surface area is 183 Å². The number of hydrogen-bond acceptors (Lipinski definition) is 5. The predicted molar refractivity (Wildman–Crippen MR) is 123 cm³/mol. The van der Waals surface area contributed by atoms with E-state index in [2.05, 4.69) is 21.2 Å². The number of aromatic nitrogens is 1. The second-order valence-corrected chi connectivity index (χ2v) is 7.57. The summed E-state index contributed by atoms with van der Waals surface area (Å²) in [5.74, 6) is 0.515. The highest BCUT2D eigenvalue weighted by Gasteiger charge is 2.13. The Morgan fingerprint density at radius 2 is 1.90 bits per heavy atom. The monoisotopic (exact) mass is 419 g/mol. The maximum Gasteiger partial charge on any atom is 0.338 e. The number of hydrogen-bond donors (Lipinski definition) is 1. The van der Waals surface area contributed by atoms with Gasteiger partial charge in [0, 0.05) is 28.2 Å². The summed E-state index contributed by atoms with van der Waals surface area (Å²) in [6.07, 6.45) is 1.66. The van der Waals surface area contributed by atoms with Gasteiger partial charge in [0.15, 0.2) is 0 Å². The van der Waals surface area contributed by atoms with Gasteiger partial charge in [-0.3, -0.25) is 0 Å². The first-order valence-corrected chi connectivity index (χ1v) is 10.3. The van der Waals surface area contributed by atoms with Crippen LogP contribution in [0.1, 0.15) is 46.7 Å². The SMILES string of the molecule is COc1ccccc1CN/N=C\c1cc(C)n(-c2cccc(C(=O)OC(C)C)c2)c1C. The van der Waals surface area contributed by atoms with Gasteiger partial charge >= 0.3 is 5.97 Å². The fourth-order valence-corrected chi connectivity index (χ4v) is 3.46. The number of para-hydroxylation sites is 1. The van der Waals surface area contributed by atoms with E-state index in [1.54, 1.807) is 13.2 Å². The highest BCUT2D eigenvalue weighted by Crippen LogP contribution is 2.21. The Balaban J connectivity index is 1.76.